The van der Waals surface area contributed by atoms with E-state index in [-0.39, 0.29) is 18.0 Å². The van der Waals surface area contributed by atoms with Gasteiger partial charge in [0.15, 0.2) is 0 Å². The first kappa shape index (κ1) is 18.3. The van der Waals surface area contributed by atoms with Gasteiger partial charge in [-0.2, -0.15) is 0 Å². The van der Waals surface area contributed by atoms with E-state index >= 15 is 0 Å². The highest BCUT2D eigenvalue weighted by atomic mass is 32.1. The maximum Gasteiger partial charge on any atom is 0.264 e. The fourth-order valence-electron chi connectivity index (χ4n) is 3.50. The summed E-state index contributed by atoms with van der Waals surface area (Å²) in [6.07, 6.45) is 0. The molecule has 0 fully saturated rings. The molecule has 4 rings (SSSR count). The lowest BCUT2D eigenvalue weighted by Crippen LogP contribution is -2.28. The van der Waals surface area contributed by atoms with Crippen LogP contribution in [0.25, 0.3) is 21.1 Å². The van der Waals surface area contributed by atoms with E-state index in [0.29, 0.717) is 21.6 Å². The largest absolute Gasteiger partial charge is 0.334 e. The number of aromatic nitrogens is 3. The lowest BCUT2D eigenvalue weighted by atomic mass is 10.1. The molecule has 7 heteroatoms. The van der Waals surface area contributed by atoms with Crippen molar-refractivity contribution in [1.29, 1.82) is 0 Å². The average Bonchev–Trinajstić information content (AvgIpc) is 2.97. The molecule has 4 aromatic rings. The smallest absolute Gasteiger partial charge is 0.264 e. The van der Waals surface area contributed by atoms with E-state index in [0.717, 1.165) is 27.0 Å². The Morgan fingerprint density at radius 3 is 2.71 bits per heavy atom. The molecule has 1 N–H and O–H groups in total. The first-order valence-electron chi connectivity index (χ1n) is 8.96. The zero-order valence-corrected chi connectivity index (χ0v) is 17.0. The van der Waals surface area contributed by atoms with Crippen molar-refractivity contribution < 1.29 is 4.79 Å². The van der Waals surface area contributed by atoms with Crippen LogP contribution in [0.5, 0.6) is 0 Å². The van der Waals surface area contributed by atoms with Crippen LogP contribution in [0, 0.1) is 20.8 Å². The highest BCUT2D eigenvalue weighted by Gasteiger charge is 2.21. The third-order valence-corrected chi connectivity index (χ3v) is 5.99. The van der Waals surface area contributed by atoms with Gasteiger partial charge in [-0.25, -0.2) is 9.97 Å². The summed E-state index contributed by atoms with van der Waals surface area (Å²) in [6.45, 7) is 6.17. The SMILES string of the molecule is Cc1cc(C)c2c(C)c(C(=O)N(C)Cc3nc4ccccc4c(=O)[nH]3)sc2n1. The van der Waals surface area contributed by atoms with Crippen molar-refractivity contribution in [2.75, 3.05) is 7.05 Å². The summed E-state index contributed by atoms with van der Waals surface area (Å²) < 4.78 is 0. The Hall–Kier alpha value is -3.06. The molecule has 1 amide bonds. The zero-order chi connectivity index (χ0) is 20.0. The van der Waals surface area contributed by atoms with Crippen LogP contribution >= 0.6 is 11.3 Å². The van der Waals surface area contributed by atoms with Crippen LogP contribution in [0.1, 0.15) is 32.3 Å². The van der Waals surface area contributed by atoms with Gasteiger partial charge in [0.2, 0.25) is 0 Å². The molecule has 0 saturated carbocycles. The number of aromatic amines is 1. The Bertz CT molecular complexity index is 1290. The molecule has 0 aliphatic carbocycles. The van der Waals surface area contributed by atoms with Gasteiger partial charge in [0.1, 0.15) is 10.7 Å². The summed E-state index contributed by atoms with van der Waals surface area (Å²) in [7, 11) is 1.72. The number of thiophene rings is 1. The molecule has 0 aliphatic heterocycles. The molecule has 0 spiro atoms. The van der Waals surface area contributed by atoms with Gasteiger partial charge < -0.3 is 9.88 Å². The number of hydrogen-bond acceptors (Lipinski definition) is 5. The first-order chi connectivity index (χ1) is 13.3. The lowest BCUT2D eigenvalue weighted by molar-refractivity contribution is 0.0786. The minimum absolute atomic E-state index is 0.103. The van der Waals surface area contributed by atoms with Crippen molar-refractivity contribution in [3.05, 3.63) is 68.2 Å². The van der Waals surface area contributed by atoms with E-state index in [2.05, 4.69) is 15.0 Å². The minimum atomic E-state index is -0.199. The normalized spacial score (nSPS) is 11.3. The number of fused-ring (bicyclic) bond motifs is 2. The number of H-pyrrole nitrogens is 1. The van der Waals surface area contributed by atoms with Crippen LogP contribution in [0.15, 0.2) is 35.1 Å². The molecule has 6 nitrogen and oxygen atoms in total. The maximum atomic E-state index is 13.1. The number of hydrogen-bond donors (Lipinski definition) is 1. The third kappa shape index (κ3) is 3.07. The molecular weight excluding hydrogens is 372 g/mol. The second-order valence-electron chi connectivity index (χ2n) is 7.01. The van der Waals surface area contributed by atoms with E-state index in [1.165, 1.54) is 11.3 Å². The maximum absolute atomic E-state index is 13.1. The summed E-state index contributed by atoms with van der Waals surface area (Å²) in [6, 6.07) is 9.20. The molecule has 0 radical (unpaired) electrons. The molecule has 3 aromatic heterocycles. The fraction of sp³-hybridized carbons (Fsp3) is 0.238. The molecular formula is C21H20N4O2S. The van der Waals surface area contributed by atoms with Crippen molar-refractivity contribution in [1.82, 2.24) is 19.9 Å². The van der Waals surface area contributed by atoms with Crippen molar-refractivity contribution in [3.63, 3.8) is 0 Å². The Balaban J connectivity index is 1.67. The molecule has 0 bridgehead atoms. The van der Waals surface area contributed by atoms with E-state index < -0.39 is 0 Å². The number of para-hydroxylation sites is 1. The van der Waals surface area contributed by atoms with Gasteiger partial charge in [-0.1, -0.05) is 12.1 Å². The van der Waals surface area contributed by atoms with Crippen molar-refractivity contribution in [2.24, 2.45) is 0 Å². The summed E-state index contributed by atoms with van der Waals surface area (Å²) in [5.41, 5.74) is 3.43. The van der Waals surface area contributed by atoms with Gasteiger partial charge in [0.05, 0.1) is 22.3 Å². The standard InChI is InChI=1S/C21H20N4O2S/c1-11-9-12(2)22-20-17(11)13(3)18(28-20)21(27)25(4)10-16-23-15-8-6-5-7-14(15)19(26)24-16/h5-9H,10H2,1-4H3,(H,23,24,26). The van der Waals surface area contributed by atoms with Crippen LogP contribution in [0.3, 0.4) is 0 Å². The van der Waals surface area contributed by atoms with Gasteiger partial charge in [-0.15, -0.1) is 11.3 Å². The quantitative estimate of drug-likeness (QED) is 0.576. The zero-order valence-electron chi connectivity index (χ0n) is 16.2. The number of pyridine rings is 1. The van der Waals surface area contributed by atoms with E-state index in [1.807, 2.05) is 32.9 Å². The third-order valence-electron chi connectivity index (χ3n) is 4.82. The van der Waals surface area contributed by atoms with Crippen LogP contribution in [-0.4, -0.2) is 32.8 Å². The predicted octanol–water partition coefficient (Wildman–Crippen LogP) is 3.73. The summed E-state index contributed by atoms with van der Waals surface area (Å²) in [4.78, 5) is 40.3. The number of nitrogens with one attached hydrogen (secondary N) is 1. The molecule has 3 heterocycles. The molecule has 1 aromatic carbocycles. The van der Waals surface area contributed by atoms with Crippen LogP contribution < -0.4 is 5.56 Å². The number of amides is 1. The second-order valence-corrected chi connectivity index (χ2v) is 8.01. The molecule has 0 unspecified atom stereocenters. The first-order valence-corrected chi connectivity index (χ1v) is 9.77. The van der Waals surface area contributed by atoms with Gasteiger partial charge >= 0.3 is 0 Å². The Morgan fingerprint density at radius 1 is 1.18 bits per heavy atom. The van der Waals surface area contributed by atoms with Crippen molar-refractivity contribution in [3.8, 4) is 0 Å². The number of carbonyl (C=O) groups excluding carboxylic acids is 1. The number of aryl methyl sites for hydroxylation is 3. The number of carbonyl (C=O) groups is 1. The van der Waals surface area contributed by atoms with Gasteiger partial charge in [-0.05, 0) is 50.1 Å². The average molecular weight is 392 g/mol. The number of benzene rings is 1. The van der Waals surface area contributed by atoms with Crippen molar-refractivity contribution >= 4 is 38.4 Å². The molecule has 0 saturated heterocycles. The summed E-state index contributed by atoms with van der Waals surface area (Å²) in [5, 5.41) is 1.59. The molecule has 142 valence electrons. The Kier molecular flexibility index (Phi) is 4.47. The molecule has 0 atom stereocenters. The van der Waals surface area contributed by atoms with Gasteiger partial charge in [0, 0.05) is 18.1 Å². The van der Waals surface area contributed by atoms with Gasteiger partial charge in [0.25, 0.3) is 11.5 Å². The highest BCUT2D eigenvalue weighted by molar-refractivity contribution is 7.20. The Labute approximate surface area is 165 Å². The minimum Gasteiger partial charge on any atom is -0.334 e. The monoisotopic (exact) mass is 392 g/mol. The van der Waals surface area contributed by atoms with Crippen LogP contribution in [0.4, 0.5) is 0 Å². The van der Waals surface area contributed by atoms with E-state index in [9.17, 15) is 9.59 Å². The second kappa shape index (κ2) is 6.83. The van der Waals surface area contributed by atoms with E-state index in [4.69, 9.17) is 0 Å². The fourth-order valence-corrected chi connectivity index (χ4v) is 4.80. The number of nitrogens with zero attached hydrogens (tertiary/aromatic N) is 3. The summed E-state index contributed by atoms with van der Waals surface area (Å²) in [5.74, 6) is 0.358. The topological polar surface area (TPSA) is 79.0 Å². The number of rotatable bonds is 3. The van der Waals surface area contributed by atoms with Crippen molar-refractivity contribution in [2.45, 2.75) is 27.3 Å². The summed E-state index contributed by atoms with van der Waals surface area (Å²) >= 11 is 1.41. The molecule has 0 aliphatic rings. The lowest BCUT2D eigenvalue weighted by Gasteiger charge is -2.16. The highest BCUT2D eigenvalue weighted by Crippen LogP contribution is 2.33. The Morgan fingerprint density at radius 2 is 1.93 bits per heavy atom. The van der Waals surface area contributed by atoms with Gasteiger partial charge in [-0.3, -0.25) is 9.59 Å². The van der Waals surface area contributed by atoms with E-state index in [1.54, 1.807) is 30.1 Å². The molecule has 28 heavy (non-hydrogen) atoms. The predicted molar refractivity (Wildman–Crippen MR) is 112 cm³/mol. The van der Waals surface area contributed by atoms with Crippen LogP contribution in [0.2, 0.25) is 0 Å². The van der Waals surface area contributed by atoms with Crippen LogP contribution in [-0.2, 0) is 6.54 Å².